The Morgan fingerprint density at radius 2 is 1.92 bits per heavy atom. The van der Waals surface area contributed by atoms with Crippen LogP contribution in [0.25, 0.3) is 0 Å². The molecular formula is C9H20N2O. The minimum atomic E-state index is 0.642. The maximum absolute atomic E-state index is 5.08. The third-order valence-electron chi connectivity index (χ3n) is 2.57. The average Bonchev–Trinajstić information content (AvgIpc) is 2.04. The van der Waals surface area contributed by atoms with Crippen molar-refractivity contribution in [3.63, 3.8) is 0 Å². The molecule has 0 aliphatic carbocycles. The van der Waals surface area contributed by atoms with E-state index < -0.39 is 0 Å². The summed E-state index contributed by atoms with van der Waals surface area (Å²) in [5.41, 5.74) is 0. The standard InChI is InChI=1S/C9H20N2O/c1-8-6-10-7-9(2)11(8)4-5-12-3/h8-10H,4-7H2,1-3H3/t8-,9+. The van der Waals surface area contributed by atoms with Gasteiger partial charge in [0.05, 0.1) is 6.61 Å². The van der Waals surface area contributed by atoms with Crippen LogP contribution in [-0.4, -0.2) is 50.3 Å². The Hall–Kier alpha value is -0.120. The molecule has 0 aromatic heterocycles. The molecule has 1 N–H and O–H groups in total. The smallest absolute Gasteiger partial charge is 0.0589 e. The predicted octanol–water partition coefficient (Wildman–Crippen LogP) is 0.315. The Morgan fingerprint density at radius 1 is 1.33 bits per heavy atom. The lowest BCUT2D eigenvalue weighted by Gasteiger charge is -2.39. The molecule has 0 amide bonds. The van der Waals surface area contributed by atoms with E-state index in [9.17, 15) is 0 Å². The first-order valence-corrected chi connectivity index (χ1v) is 4.71. The summed E-state index contributed by atoms with van der Waals surface area (Å²) in [6, 6.07) is 1.28. The Labute approximate surface area is 75.1 Å². The van der Waals surface area contributed by atoms with E-state index in [1.165, 1.54) is 0 Å². The molecule has 1 heterocycles. The SMILES string of the molecule is COCCN1[C@H](C)CNC[C@@H]1C. The molecule has 1 aliphatic heterocycles. The van der Waals surface area contributed by atoms with Gasteiger partial charge in [0.15, 0.2) is 0 Å². The number of hydrogen-bond donors (Lipinski definition) is 1. The van der Waals surface area contributed by atoms with Crippen LogP contribution in [0.15, 0.2) is 0 Å². The van der Waals surface area contributed by atoms with E-state index in [2.05, 4.69) is 24.1 Å². The Morgan fingerprint density at radius 3 is 2.42 bits per heavy atom. The lowest BCUT2D eigenvalue weighted by molar-refractivity contribution is 0.0758. The quantitative estimate of drug-likeness (QED) is 0.663. The molecule has 1 aliphatic rings. The summed E-state index contributed by atoms with van der Waals surface area (Å²) >= 11 is 0. The van der Waals surface area contributed by atoms with Gasteiger partial charge in [0, 0.05) is 38.8 Å². The normalized spacial score (nSPS) is 32.2. The van der Waals surface area contributed by atoms with Crippen LogP contribution in [0.3, 0.4) is 0 Å². The van der Waals surface area contributed by atoms with Crippen LogP contribution in [0.4, 0.5) is 0 Å². The van der Waals surface area contributed by atoms with Gasteiger partial charge in [0.25, 0.3) is 0 Å². The molecule has 2 atom stereocenters. The minimum Gasteiger partial charge on any atom is -0.383 e. The zero-order chi connectivity index (χ0) is 8.97. The van der Waals surface area contributed by atoms with Crippen LogP contribution in [-0.2, 0) is 4.74 Å². The third kappa shape index (κ3) is 2.44. The molecule has 0 bridgehead atoms. The summed E-state index contributed by atoms with van der Waals surface area (Å²) in [6.45, 7) is 8.63. The van der Waals surface area contributed by atoms with E-state index in [1.807, 2.05) is 0 Å². The first-order valence-electron chi connectivity index (χ1n) is 4.71. The molecular weight excluding hydrogens is 152 g/mol. The van der Waals surface area contributed by atoms with Crippen molar-refractivity contribution in [1.29, 1.82) is 0 Å². The number of rotatable bonds is 3. The van der Waals surface area contributed by atoms with Gasteiger partial charge in [-0.1, -0.05) is 0 Å². The van der Waals surface area contributed by atoms with Crippen LogP contribution >= 0.6 is 0 Å². The average molecular weight is 172 g/mol. The monoisotopic (exact) mass is 172 g/mol. The van der Waals surface area contributed by atoms with Gasteiger partial charge in [-0.25, -0.2) is 0 Å². The second-order valence-electron chi connectivity index (χ2n) is 3.59. The predicted molar refractivity (Wildman–Crippen MR) is 50.4 cm³/mol. The van der Waals surface area contributed by atoms with Gasteiger partial charge in [-0.2, -0.15) is 0 Å². The maximum Gasteiger partial charge on any atom is 0.0589 e. The van der Waals surface area contributed by atoms with Gasteiger partial charge in [0.1, 0.15) is 0 Å². The summed E-state index contributed by atoms with van der Waals surface area (Å²) in [5.74, 6) is 0. The summed E-state index contributed by atoms with van der Waals surface area (Å²) in [5, 5.41) is 3.41. The Balaban J connectivity index is 2.34. The van der Waals surface area contributed by atoms with E-state index in [0.717, 1.165) is 26.2 Å². The van der Waals surface area contributed by atoms with Crippen molar-refractivity contribution in [3.8, 4) is 0 Å². The molecule has 0 unspecified atom stereocenters. The summed E-state index contributed by atoms with van der Waals surface area (Å²) < 4.78 is 5.08. The van der Waals surface area contributed by atoms with Crippen molar-refractivity contribution in [2.24, 2.45) is 0 Å². The third-order valence-corrected chi connectivity index (χ3v) is 2.57. The van der Waals surface area contributed by atoms with Gasteiger partial charge in [-0.05, 0) is 13.8 Å². The molecule has 0 saturated carbocycles. The van der Waals surface area contributed by atoms with Crippen LogP contribution in [0, 0.1) is 0 Å². The van der Waals surface area contributed by atoms with E-state index >= 15 is 0 Å². The van der Waals surface area contributed by atoms with E-state index in [4.69, 9.17) is 4.74 Å². The van der Waals surface area contributed by atoms with Crippen molar-refractivity contribution in [2.75, 3.05) is 33.4 Å². The molecule has 1 rings (SSSR count). The highest BCUT2D eigenvalue weighted by Crippen LogP contribution is 2.08. The van der Waals surface area contributed by atoms with Gasteiger partial charge < -0.3 is 10.1 Å². The van der Waals surface area contributed by atoms with Gasteiger partial charge in [0.2, 0.25) is 0 Å². The molecule has 12 heavy (non-hydrogen) atoms. The molecule has 1 fully saturated rings. The molecule has 0 aromatic carbocycles. The highest BCUT2D eigenvalue weighted by Gasteiger charge is 2.23. The van der Waals surface area contributed by atoms with Crippen molar-refractivity contribution in [1.82, 2.24) is 10.2 Å². The van der Waals surface area contributed by atoms with Crippen LogP contribution in [0.1, 0.15) is 13.8 Å². The van der Waals surface area contributed by atoms with Gasteiger partial charge in [-0.3, -0.25) is 4.90 Å². The van der Waals surface area contributed by atoms with Crippen molar-refractivity contribution >= 4 is 0 Å². The minimum absolute atomic E-state index is 0.642. The largest absolute Gasteiger partial charge is 0.383 e. The number of hydrogen-bond acceptors (Lipinski definition) is 3. The molecule has 1 saturated heterocycles. The highest BCUT2D eigenvalue weighted by molar-refractivity contribution is 4.81. The van der Waals surface area contributed by atoms with Crippen LogP contribution < -0.4 is 5.32 Å². The van der Waals surface area contributed by atoms with E-state index in [-0.39, 0.29) is 0 Å². The molecule has 3 heteroatoms. The Kier molecular flexibility index (Phi) is 3.98. The lowest BCUT2D eigenvalue weighted by atomic mass is 10.1. The number of nitrogens with zero attached hydrogens (tertiary/aromatic N) is 1. The lowest BCUT2D eigenvalue weighted by Crippen LogP contribution is -2.55. The molecule has 0 radical (unpaired) electrons. The zero-order valence-corrected chi connectivity index (χ0v) is 8.34. The Bertz CT molecular complexity index is 120. The zero-order valence-electron chi connectivity index (χ0n) is 8.34. The van der Waals surface area contributed by atoms with E-state index in [1.54, 1.807) is 7.11 Å². The fourth-order valence-corrected chi connectivity index (χ4v) is 1.81. The molecule has 0 spiro atoms. The molecule has 72 valence electrons. The summed E-state index contributed by atoms with van der Waals surface area (Å²) in [6.07, 6.45) is 0. The van der Waals surface area contributed by atoms with Gasteiger partial charge in [-0.15, -0.1) is 0 Å². The van der Waals surface area contributed by atoms with E-state index in [0.29, 0.717) is 12.1 Å². The van der Waals surface area contributed by atoms with Crippen LogP contribution in [0.5, 0.6) is 0 Å². The number of ether oxygens (including phenoxy) is 1. The molecule has 0 aromatic rings. The van der Waals surface area contributed by atoms with Crippen molar-refractivity contribution in [2.45, 2.75) is 25.9 Å². The highest BCUT2D eigenvalue weighted by atomic mass is 16.5. The van der Waals surface area contributed by atoms with Gasteiger partial charge >= 0.3 is 0 Å². The second-order valence-corrected chi connectivity index (χ2v) is 3.59. The van der Waals surface area contributed by atoms with Crippen molar-refractivity contribution < 1.29 is 4.74 Å². The first kappa shape index (κ1) is 9.96. The number of nitrogens with one attached hydrogen (secondary N) is 1. The van der Waals surface area contributed by atoms with Crippen molar-refractivity contribution in [3.05, 3.63) is 0 Å². The maximum atomic E-state index is 5.08. The summed E-state index contributed by atoms with van der Waals surface area (Å²) in [7, 11) is 1.76. The second kappa shape index (κ2) is 4.80. The molecule has 3 nitrogen and oxygen atoms in total. The van der Waals surface area contributed by atoms with Crippen LogP contribution in [0.2, 0.25) is 0 Å². The number of methoxy groups -OCH3 is 1. The first-order chi connectivity index (χ1) is 5.75. The topological polar surface area (TPSA) is 24.5 Å². The number of piperazine rings is 1. The fourth-order valence-electron chi connectivity index (χ4n) is 1.81. The summed E-state index contributed by atoms with van der Waals surface area (Å²) in [4.78, 5) is 2.50. The fraction of sp³-hybridized carbons (Fsp3) is 1.00.